The number of fused-ring (bicyclic) bond motifs is 1. The van der Waals surface area contributed by atoms with E-state index in [2.05, 4.69) is 47.2 Å². The normalized spacial score (nSPS) is 15.5. The smallest absolute Gasteiger partial charge is 0.228 e. The monoisotopic (exact) mass is 474 g/mol. The summed E-state index contributed by atoms with van der Waals surface area (Å²) in [6.07, 6.45) is 5.94. The van der Waals surface area contributed by atoms with Crippen LogP contribution in [0.15, 0.2) is 42.9 Å². The molecule has 0 aliphatic carbocycles. The Hall–Kier alpha value is -4.01. The molecule has 5 rings (SSSR count). The molecule has 0 spiro atoms. The highest BCUT2D eigenvalue weighted by molar-refractivity contribution is 5.92. The maximum Gasteiger partial charge on any atom is 0.228 e. The molecular weight excluding hydrogens is 444 g/mol. The number of aryl methyl sites for hydroxylation is 1. The number of hydrogen-bond donors (Lipinski definition) is 1. The third-order valence-electron chi connectivity index (χ3n) is 6.43. The van der Waals surface area contributed by atoms with Crippen molar-refractivity contribution in [1.29, 1.82) is 0 Å². The van der Waals surface area contributed by atoms with E-state index in [1.165, 1.54) is 0 Å². The van der Waals surface area contributed by atoms with Gasteiger partial charge in [0.25, 0.3) is 0 Å². The van der Waals surface area contributed by atoms with Crippen LogP contribution in [0.3, 0.4) is 0 Å². The first kappa shape index (κ1) is 22.8. The molecule has 9 heteroatoms. The summed E-state index contributed by atoms with van der Waals surface area (Å²) < 4.78 is 18.3. The number of benzene rings is 2. The van der Waals surface area contributed by atoms with Crippen molar-refractivity contribution < 1.29 is 14.2 Å². The van der Waals surface area contributed by atoms with E-state index in [9.17, 15) is 0 Å². The summed E-state index contributed by atoms with van der Waals surface area (Å²) in [5.41, 5.74) is 2.91. The van der Waals surface area contributed by atoms with Crippen LogP contribution >= 0.6 is 0 Å². The summed E-state index contributed by atoms with van der Waals surface area (Å²) in [4.78, 5) is 16.7. The maximum atomic E-state index is 5.50. The lowest BCUT2D eigenvalue weighted by molar-refractivity contribution is 0.324. The van der Waals surface area contributed by atoms with Gasteiger partial charge in [-0.1, -0.05) is 6.07 Å². The van der Waals surface area contributed by atoms with Crippen LogP contribution in [-0.2, 0) is 0 Å². The fourth-order valence-electron chi connectivity index (χ4n) is 4.55. The SMILES string of the molecule is COc1cc(-n2cnc(Nc3nc(N4CCC[C@H]4C)nc4cc(C)ccc34)c2)cc(OC)c1OC. The summed E-state index contributed by atoms with van der Waals surface area (Å²) in [6, 6.07) is 10.4. The zero-order chi connectivity index (χ0) is 24.5. The maximum absolute atomic E-state index is 5.50. The van der Waals surface area contributed by atoms with Crippen LogP contribution in [0.1, 0.15) is 25.3 Å². The van der Waals surface area contributed by atoms with Gasteiger partial charge < -0.3 is 29.0 Å². The fourth-order valence-corrected chi connectivity index (χ4v) is 4.55. The number of nitrogens with one attached hydrogen (secondary N) is 1. The van der Waals surface area contributed by atoms with Gasteiger partial charge in [0, 0.05) is 30.1 Å². The van der Waals surface area contributed by atoms with Crippen LogP contribution < -0.4 is 24.4 Å². The molecule has 0 amide bonds. The number of anilines is 3. The summed E-state index contributed by atoms with van der Waals surface area (Å²) in [5, 5.41) is 4.37. The minimum absolute atomic E-state index is 0.421. The second kappa shape index (κ2) is 9.32. The zero-order valence-corrected chi connectivity index (χ0v) is 20.7. The average Bonchev–Trinajstić information content (AvgIpc) is 3.51. The first-order valence-electron chi connectivity index (χ1n) is 11.7. The van der Waals surface area contributed by atoms with Crippen molar-refractivity contribution in [3.63, 3.8) is 0 Å². The van der Waals surface area contributed by atoms with E-state index in [0.29, 0.717) is 29.1 Å². The van der Waals surface area contributed by atoms with Gasteiger partial charge in [-0.05, 0) is 44.4 Å². The number of aromatic nitrogens is 4. The van der Waals surface area contributed by atoms with Gasteiger partial charge in [0.1, 0.15) is 18.0 Å². The Kier molecular flexibility index (Phi) is 6.07. The molecule has 0 bridgehead atoms. The van der Waals surface area contributed by atoms with Crippen LogP contribution in [0.25, 0.3) is 16.6 Å². The quantitative estimate of drug-likeness (QED) is 0.406. The van der Waals surface area contributed by atoms with E-state index in [-0.39, 0.29) is 0 Å². The molecule has 4 aromatic rings. The predicted molar refractivity (Wildman–Crippen MR) is 137 cm³/mol. The highest BCUT2D eigenvalue weighted by Crippen LogP contribution is 2.39. The molecule has 9 nitrogen and oxygen atoms in total. The molecule has 1 aliphatic rings. The van der Waals surface area contributed by atoms with Crippen molar-refractivity contribution in [2.75, 3.05) is 38.1 Å². The van der Waals surface area contributed by atoms with E-state index < -0.39 is 0 Å². The molecule has 35 heavy (non-hydrogen) atoms. The second-order valence-electron chi connectivity index (χ2n) is 8.75. The number of ether oxygens (including phenoxy) is 3. The summed E-state index contributed by atoms with van der Waals surface area (Å²) >= 11 is 0. The van der Waals surface area contributed by atoms with Crippen molar-refractivity contribution in [3.05, 3.63) is 48.4 Å². The molecule has 3 heterocycles. The lowest BCUT2D eigenvalue weighted by atomic mass is 10.1. The molecule has 2 aromatic heterocycles. The third kappa shape index (κ3) is 4.29. The van der Waals surface area contributed by atoms with Crippen molar-refractivity contribution in [1.82, 2.24) is 19.5 Å². The largest absolute Gasteiger partial charge is 0.493 e. The van der Waals surface area contributed by atoms with Crippen LogP contribution in [0.5, 0.6) is 17.2 Å². The molecule has 1 atom stereocenters. The molecule has 182 valence electrons. The fraction of sp³-hybridized carbons (Fsp3) is 0.346. The number of methoxy groups -OCH3 is 3. The second-order valence-corrected chi connectivity index (χ2v) is 8.75. The highest BCUT2D eigenvalue weighted by Gasteiger charge is 2.24. The minimum Gasteiger partial charge on any atom is -0.493 e. The van der Waals surface area contributed by atoms with Crippen LogP contribution in [0, 0.1) is 6.92 Å². The standard InChI is InChI=1S/C26H30N6O3/c1-16-8-9-19-20(11-16)28-26(32-10-6-7-17(32)2)30-25(19)29-23-14-31(15-27-23)18-12-21(33-3)24(35-5)22(13-18)34-4/h8-9,11-15,17H,6-7,10H2,1-5H3,(H,28,29,30)/t17-/m1/s1. The molecule has 1 fully saturated rings. The molecule has 0 radical (unpaired) electrons. The van der Waals surface area contributed by atoms with Gasteiger partial charge in [0.2, 0.25) is 11.7 Å². The first-order valence-corrected chi connectivity index (χ1v) is 11.7. The number of rotatable bonds is 7. The van der Waals surface area contributed by atoms with Crippen LogP contribution in [-0.4, -0.2) is 53.4 Å². The Balaban J connectivity index is 1.52. The minimum atomic E-state index is 0.421. The van der Waals surface area contributed by atoms with E-state index in [0.717, 1.165) is 53.3 Å². The van der Waals surface area contributed by atoms with Gasteiger partial charge >= 0.3 is 0 Å². The van der Waals surface area contributed by atoms with E-state index >= 15 is 0 Å². The topological polar surface area (TPSA) is 86.6 Å². The van der Waals surface area contributed by atoms with Crippen molar-refractivity contribution >= 4 is 28.5 Å². The summed E-state index contributed by atoms with van der Waals surface area (Å²) in [7, 11) is 4.79. The Morgan fingerprint density at radius 3 is 2.43 bits per heavy atom. The van der Waals surface area contributed by atoms with Crippen LogP contribution in [0.4, 0.5) is 17.6 Å². The van der Waals surface area contributed by atoms with Gasteiger partial charge in [-0.15, -0.1) is 0 Å². The first-order chi connectivity index (χ1) is 17.0. The molecular formula is C26H30N6O3. The average molecular weight is 475 g/mol. The molecule has 0 unspecified atom stereocenters. The van der Waals surface area contributed by atoms with Crippen molar-refractivity contribution in [2.45, 2.75) is 32.7 Å². The Labute approximate surface area is 204 Å². The van der Waals surface area contributed by atoms with Crippen LogP contribution in [0.2, 0.25) is 0 Å². The number of hydrogen-bond acceptors (Lipinski definition) is 8. The Morgan fingerprint density at radius 1 is 1.00 bits per heavy atom. The lowest BCUT2D eigenvalue weighted by Gasteiger charge is -2.22. The predicted octanol–water partition coefficient (Wildman–Crippen LogP) is 4.88. The number of imidazole rings is 1. The van der Waals surface area contributed by atoms with Gasteiger partial charge in [-0.25, -0.2) is 9.97 Å². The molecule has 0 saturated carbocycles. The molecule has 2 aromatic carbocycles. The van der Waals surface area contributed by atoms with Gasteiger partial charge in [-0.2, -0.15) is 4.98 Å². The third-order valence-corrected chi connectivity index (χ3v) is 6.43. The van der Waals surface area contributed by atoms with E-state index in [4.69, 9.17) is 24.2 Å². The Morgan fingerprint density at radius 2 is 1.77 bits per heavy atom. The van der Waals surface area contributed by atoms with Gasteiger partial charge in [0.05, 0.1) is 38.7 Å². The molecule has 1 saturated heterocycles. The Bertz CT molecular complexity index is 1340. The van der Waals surface area contributed by atoms with Gasteiger partial charge in [0.15, 0.2) is 11.5 Å². The van der Waals surface area contributed by atoms with E-state index in [1.807, 2.05) is 22.9 Å². The van der Waals surface area contributed by atoms with Crippen molar-refractivity contribution in [3.8, 4) is 22.9 Å². The summed E-state index contributed by atoms with van der Waals surface area (Å²) in [5.74, 6) is 3.85. The van der Waals surface area contributed by atoms with E-state index in [1.54, 1.807) is 27.7 Å². The highest BCUT2D eigenvalue weighted by atomic mass is 16.5. The summed E-state index contributed by atoms with van der Waals surface area (Å²) in [6.45, 7) is 5.27. The lowest BCUT2D eigenvalue weighted by Crippen LogP contribution is -2.28. The van der Waals surface area contributed by atoms with Crippen molar-refractivity contribution in [2.24, 2.45) is 0 Å². The molecule has 1 aliphatic heterocycles. The number of nitrogens with zero attached hydrogens (tertiary/aromatic N) is 5. The zero-order valence-electron chi connectivity index (χ0n) is 20.7. The van der Waals surface area contributed by atoms with Gasteiger partial charge in [-0.3, -0.25) is 0 Å². The molecule has 1 N–H and O–H groups in total.